The fourth-order valence-corrected chi connectivity index (χ4v) is 3.17. The van der Waals surface area contributed by atoms with Crippen molar-refractivity contribution in [1.29, 1.82) is 0 Å². The molecule has 0 spiro atoms. The van der Waals surface area contributed by atoms with Crippen molar-refractivity contribution in [3.05, 3.63) is 94.7 Å². The van der Waals surface area contributed by atoms with Crippen molar-refractivity contribution in [2.24, 2.45) is 0 Å². The number of ketones is 1. The number of allylic oxidation sites excluding steroid dienone is 1. The van der Waals surface area contributed by atoms with Crippen LogP contribution in [0.15, 0.2) is 72.9 Å². The van der Waals surface area contributed by atoms with Gasteiger partial charge in [-0.05, 0) is 59.7 Å². The molecule has 0 aliphatic heterocycles. The molecule has 6 heteroatoms. The molecule has 1 N–H and O–H groups in total. The number of hydrogen-bond donors (Lipinski definition) is 1. The van der Waals surface area contributed by atoms with Crippen LogP contribution in [0, 0.1) is 0 Å². The third-order valence-electron chi connectivity index (χ3n) is 4.66. The molecular weight excluding hydrogens is 426 g/mol. The number of hydrogen-bond acceptors (Lipinski definition) is 5. The van der Waals surface area contributed by atoms with Crippen LogP contribution in [0.4, 0.5) is 5.69 Å². The first-order valence-corrected chi connectivity index (χ1v) is 10.2. The fraction of sp³-hybridized carbons (Fsp3) is 0.115. The largest absolute Gasteiger partial charge is 0.493 e. The number of methoxy groups -OCH3 is 3. The molecular formula is C26H24ClNO4. The highest BCUT2D eigenvalue weighted by Crippen LogP contribution is 2.38. The van der Waals surface area contributed by atoms with Gasteiger partial charge < -0.3 is 19.5 Å². The maximum Gasteiger partial charge on any atom is 0.203 e. The van der Waals surface area contributed by atoms with E-state index in [2.05, 4.69) is 5.32 Å². The van der Waals surface area contributed by atoms with Crippen molar-refractivity contribution in [3.8, 4) is 17.2 Å². The van der Waals surface area contributed by atoms with E-state index >= 15 is 0 Å². The monoisotopic (exact) mass is 449 g/mol. The van der Waals surface area contributed by atoms with Gasteiger partial charge >= 0.3 is 0 Å². The van der Waals surface area contributed by atoms with Crippen LogP contribution in [-0.2, 0) is 0 Å². The Morgan fingerprint density at radius 1 is 0.844 bits per heavy atom. The van der Waals surface area contributed by atoms with Crippen LogP contribution < -0.4 is 19.5 Å². The van der Waals surface area contributed by atoms with Gasteiger partial charge in [0.15, 0.2) is 17.3 Å². The summed E-state index contributed by atoms with van der Waals surface area (Å²) in [6, 6.07) is 18.4. The Balaban J connectivity index is 1.70. The van der Waals surface area contributed by atoms with Crippen LogP contribution in [0.2, 0.25) is 5.02 Å². The van der Waals surface area contributed by atoms with Gasteiger partial charge in [0.2, 0.25) is 5.75 Å². The molecule has 0 saturated heterocycles. The number of rotatable bonds is 9. The summed E-state index contributed by atoms with van der Waals surface area (Å²) in [6.07, 6.45) is 7.05. The molecule has 5 nitrogen and oxygen atoms in total. The molecule has 3 aromatic rings. The topological polar surface area (TPSA) is 56.8 Å². The zero-order valence-electron chi connectivity index (χ0n) is 18.1. The summed E-state index contributed by atoms with van der Waals surface area (Å²) in [7, 11) is 4.75. The average molecular weight is 450 g/mol. The van der Waals surface area contributed by atoms with Crippen LogP contribution in [-0.4, -0.2) is 27.1 Å². The zero-order chi connectivity index (χ0) is 22.9. The fourth-order valence-electron chi connectivity index (χ4n) is 3.05. The molecule has 0 unspecified atom stereocenters. The lowest BCUT2D eigenvalue weighted by Crippen LogP contribution is -1.96. The number of nitrogens with one attached hydrogen (secondary N) is 1. The van der Waals surface area contributed by atoms with E-state index in [1.54, 1.807) is 51.8 Å². The standard InChI is InChI=1S/C26H24ClNO4/c1-30-24-16-19(17-25(31-2)26(24)32-3)8-7-18-5-4-6-22(15-18)28-14-13-23(29)20-9-11-21(27)12-10-20/h4-17,28H,1-3H3/b8-7-,14-13-. The zero-order valence-corrected chi connectivity index (χ0v) is 18.8. The minimum Gasteiger partial charge on any atom is -0.493 e. The van der Waals surface area contributed by atoms with Crippen molar-refractivity contribution in [2.45, 2.75) is 0 Å². The Labute approximate surface area is 192 Å². The SMILES string of the molecule is COc1cc(/C=C\c2cccc(N/C=C\C(=O)c3ccc(Cl)cc3)c2)cc(OC)c1OC. The van der Waals surface area contributed by atoms with Gasteiger partial charge in [-0.3, -0.25) is 4.79 Å². The molecule has 32 heavy (non-hydrogen) atoms. The lowest BCUT2D eigenvalue weighted by atomic mass is 10.1. The van der Waals surface area contributed by atoms with Crippen molar-refractivity contribution < 1.29 is 19.0 Å². The molecule has 0 fully saturated rings. The van der Waals surface area contributed by atoms with E-state index in [4.69, 9.17) is 25.8 Å². The van der Waals surface area contributed by atoms with Gasteiger partial charge in [0.25, 0.3) is 0 Å². The molecule has 0 aliphatic carbocycles. The van der Waals surface area contributed by atoms with Crippen LogP contribution in [0.1, 0.15) is 21.5 Å². The Hall–Kier alpha value is -3.70. The molecule has 0 atom stereocenters. The van der Waals surface area contributed by atoms with Crippen LogP contribution in [0.3, 0.4) is 0 Å². The molecule has 0 saturated carbocycles. The third-order valence-corrected chi connectivity index (χ3v) is 4.91. The summed E-state index contributed by atoms with van der Waals surface area (Å²) in [5, 5.41) is 3.73. The second-order valence-electron chi connectivity index (χ2n) is 6.77. The minimum atomic E-state index is -0.104. The predicted molar refractivity (Wildman–Crippen MR) is 130 cm³/mol. The van der Waals surface area contributed by atoms with Gasteiger partial charge in [-0.1, -0.05) is 35.9 Å². The van der Waals surface area contributed by atoms with Crippen molar-refractivity contribution >= 4 is 35.2 Å². The number of carbonyl (C=O) groups excluding carboxylic acids is 1. The Morgan fingerprint density at radius 3 is 2.12 bits per heavy atom. The number of ether oxygens (including phenoxy) is 3. The van der Waals surface area contributed by atoms with Gasteiger partial charge in [-0.25, -0.2) is 0 Å². The minimum absolute atomic E-state index is 0.104. The Morgan fingerprint density at radius 2 is 1.50 bits per heavy atom. The molecule has 0 aromatic heterocycles. The maximum absolute atomic E-state index is 12.2. The lowest BCUT2D eigenvalue weighted by Gasteiger charge is -2.12. The second kappa shape index (κ2) is 11.1. The van der Waals surface area contributed by atoms with E-state index in [-0.39, 0.29) is 5.78 Å². The lowest BCUT2D eigenvalue weighted by molar-refractivity contribution is 0.104. The van der Waals surface area contributed by atoms with Gasteiger partial charge in [-0.2, -0.15) is 0 Å². The highest BCUT2D eigenvalue weighted by atomic mass is 35.5. The van der Waals surface area contributed by atoms with Gasteiger partial charge in [-0.15, -0.1) is 0 Å². The first-order chi connectivity index (χ1) is 15.5. The maximum atomic E-state index is 12.2. The number of anilines is 1. The van der Waals surface area contributed by atoms with E-state index < -0.39 is 0 Å². The summed E-state index contributed by atoms with van der Waals surface area (Å²) in [5.74, 6) is 1.64. The quantitative estimate of drug-likeness (QED) is 0.234. The van der Waals surface area contributed by atoms with Crippen molar-refractivity contribution in [3.63, 3.8) is 0 Å². The van der Waals surface area contributed by atoms with E-state index in [0.717, 1.165) is 16.8 Å². The third kappa shape index (κ3) is 5.93. The highest BCUT2D eigenvalue weighted by molar-refractivity contribution is 6.30. The molecule has 3 aromatic carbocycles. The van der Waals surface area contributed by atoms with Gasteiger partial charge in [0.05, 0.1) is 21.3 Å². The van der Waals surface area contributed by atoms with Crippen LogP contribution in [0.5, 0.6) is 17.2 Å². The first-order valence-electron chi connectivity index (χ1n) is 9.85. The molecule has 3 rings (SSSR count). The highest BCUT2D eigenvalue weighted by Gasteiger charge is 2.12. The molecule has 0 bridgehead atoms. The van der Waals surface area contributed by atoms with E-state index in [1.807, 2.05) is 48.6 Å². The summed E-state index contributed by atoms with van der Waals surface area (Å²) < 4.78 is 16.2. The summed E-state index contributed by atoms with van der Waals surface area (Å²) in [4.78, 5) is 12.2. The number of halogens is 1. The van der Waals surface area contributed by atoms with Gasteiger partial charge in [0.1, 0.15) is 0 Å². The average Bonchev–Trinajstić information content (AvgIpc) is 2.82. The number of carbonyl (C=O) groups is 1. The first kappa shape index (κ1) is 23.0. The van der Waals surface area contributed by atoms with E-state index in [9.17, 15) is 4.79 Å². The van der Waals surface area contributed by atoms with Crippen LogP contribution >= 0.6 is 11.6 Å². The van der Waals surface area contributed by atoms with Crippen molar-refractivity contribution in [2.75, 3.05) is 26.6 Å². The van der Waals surface area contributed by atoms with E-state index in [0.29, 0.717) is 27.8 Å². The summed E-state index contributed by atoms with van der Waals surface area (Å²) in [6.45, 7) is 0. The van der Waals surface area contributed by atoms with Gasteiger partial charge in [0, 0.05) is 28.5 Å². The molecule has 0 radical (unpaired) electrons. The summed E-state index contributed by atoms with van der Waals surface area (Å²) >= 11 is 5.86. The molecule has 0 amide bonds. The Kier molecular flexibility index (Phi) is 7.95. The van der Waals surface area contributed by atoms with Crippen molar-refractivity contribution in [1.82, 2.24) is 0 Å². The second-order valence-corrected chi connectivity index (χ2v) is 7.20. The van der Waals surface area contributed by atoms with Crippen LogP contribution in [0.25, 0.3) is 12.2 Å². The Bertz CT molecular complexity index is 1110. The van der Waals surface area contributed by atoms with E-state index in [1.165, 1.54) is 6.08 Å². The predicted octanol–water partition coefficient (Wildman–Crippen LogP) is 6.34. The normalized spacial score (nSPS) is 11.0. The molecule has 0 heterocycles. The molecule has 0 aliphatic rings. The number of benzene rings is 3. The molecule has 164 valence electrons. The smallest absolute Gasteiger partial charge is 0.203 e. The summed E-state index contributed by atoms with van der Waals surface area (Å²) in [5.41, 5.74) is 3.33.